The van der Waals surface area contributed by atoms with Crippen molar-refractivity contribution in [3.05, 3.63) is 59.7 Å². The minimum atomic E-state index is -3.45. The van der Waals surface area contributed by atoms with E-state index in [1.165, 1.54) is 9.87 Å². The van der Waals surface area contributed by atoms with E-state index in [2.05, 4.69) is 12.1 Å². The van der Waals surface area contributed by atoms with Crippen LogP contribution < -0.4 is 4.74 Å². The highest BCUT2D eigenvalue weighted by atomic mass is 32.2. The van der Waals surface area contributed by atoms with Gasteiger partial charge >= 0.3 is 0 Å². The first kappa shape index (κ1) is 23.8. The molecular formula is C26H34N2O4S. The Morgan fingerprint density at radius 1 is 0.939 bits per heavy atom. The lowest BCUT2D eigenvalue weighted by atomic mass is 9.90. The van der Waals surface area contributed by atoms with Gasteiger partial charge in [-0.05, 0) is 93.3 Å². The van der Waals surface area contributed by atoms with E-state index < -0.39 is 10.0 Å². The monoisotopic (exact) mass is 470 g/mol. The number of aryl methyl sites for hydroxylation is 1. The van der Waals surface area contributed by atoms with E-state index >= 15 is 0 Å². The predicted octanol–water partition coefficient (Wildman–Crippen LogP) is 4.35. The van der Waals surface area contributed by atoms with E-state index in [0.717, 1.165) is 57.4 Å². The summed E-state index contributed by atoms with van der Waals surface area (Å²) in [4.78, 5) is 15.1. The molecule has 0 N–H and O–H groups in total. The Kier molecular flexibility index (Phi) is 7.71. The molecule has 0 bridgehead atoms. The topological polar surface area (TPSA) is 66.9 Å². The number of amides is 1. The van der Waals surface area contributed by atoms with E-state index in [1.807, 2.05) is 24.0 Å². The Labute approximate surface area is 197 Å². The minimum Gasteiger partial charge on any atom is -0.494 e. The standard InChI is InChI=1S/C26H34N2O4S/c1-2-32-24-11-7-21(8-12-24)5-6-22-15-19-27(20-16-22)26(29)23-9-13-25(14-10-23)33(30,31)28-17-3-4-18-28/h7-14,22H,2-6,15-20H2,1H3. The lowest BCUT2D eigenvalue weighted by Crippen LogP contribution is -2.38. The third-order valence-corrected chi connectivity index (χ3v) is 8.69. The summed E-state index contributed by atoms with van der Waals surface area (Å²) in [5.74, 6) is 1.52. The fraction of sp³-hybridized carbons (Fsp3) is 0.500. The molecule has 0 radical (unpaired) electrons. The third kappa shape index (κ3) is 5.76. The number of carbonyl (C=O) groups excluding carboxylic acids is 1. The quantitative estimate of drug-likeness (QED) is 0.575. The lowest BCUT2D eigenvalue weighted by molar-refractivity contribution is 0.0687. The van der Waals surface area contributed by atoms with Gasteiger partial charge in [-0.3, -0.25) is 4.79 Å². The van der Waals surface area contributed by atoms with Crippen LogP contribution in [0.1, 0.15) is 54.9 Å². The zero-order valence-electron chi connectivity index (χ0n) is 19.4. The number of hydrogen-bond acceptors (Lipinski definition) is 4. The Hall–Kier alpha value is -2.38. The van der Waals surface area contributed by atoms with Gasteiger partial charge in [0.25, 0.3) is 5.91 Å². The smallest absolute Gasteiger partial charge is 0.253 e. The highest BCUT2D eigenvalue weighted by molar-refractivity contribution is 7.89. The summed E-state index contributed by atoms with van der Waals surface area (Å²) < 4.78 is 32.4. The predicted molar refractivity (Wildman–Crippen MR) is 129 cm³/mol. The molecule has 0 aromatic heterocycles. The minimum absolute atomic E-state index is 0.00918. The molecule has 0 saturated carbocycles. The van der Waals surface area contributed by atoms with Crippen molar-refractivity contribution in [3.8, 4) is 5.75 Å². The average molecular weight is 471 g/mol. The molecule has 2 aliphatic rings. The van der Waals surface area contributed by atoms with Crippen LogP contribution in [0.2, 0.25) is 0 Å². The number of likely N-dealkylation sites (tertiary alicyclic amines) is 1. The molecule has 33 heavy (non-hydrogen) atoms. The maximum Gasteiger partial charge on any atom is 0.253 e. The summed E-state index contributed by atoms with van der Waals surface area (Å²) in [6.45, 7) is 5.33. The second-order valence-electron chi connectivity index (χ2n) is 8.99. The van der Waals surface area contributed by atoms with Crippen molar-refractivity contribution in [1.29, 1.82) is 0 Å². The second kappa shape index (κ2) is 10.7. The van der Waals surface area contributed by atoms with Gasteiger partial charge in [-0.15, -0.1) is 0 Å². The van der Waals surface area contributed by atoms with Crippen LogP contribution in [-0.4, -0.2) is 56.3 Å². The van der Waals surface area contributed by atoms with Crippen LogP contribution in [0.25, 0.3) is 0 Å². The zero-order valence-corrected chi connectivity index (χ0v) is 20.2. The van der Waals surface area contributed by atoms with Gasteiger partial charge in [0.2, 0.25) is 10.0 Å². The SMILES string of the molecule is CCOc1ccc(CCC2CCN(C(=O)c3ccc(S(=O)(=O)N4CCCC4)cc3)CC2)cc1. The highest BCUT2D eigenvalue weighted by Gasteiger charge is 2.28. The maximum atomic E-state index is 12.9. The number of ether oxygens (including phenoxy) is 1. The molecule has 0 aliphatic carbocycles. The Balaban J connectivity index is 1.26. The molecule has 2 aromatic carbocycles. The largest absolute Gasteiger partial charge is 0.494 e. The molecule has 2 aromatic rings. The number of rotatable bonds is 8. The summed E-state index contributed by atoms with van der Waals surface area (Å²) in [7, 11) is -3.45. The Morgan fingerprint density at radius 3 is 2.18 bits per heavy atom. The molecule has 0 unspecified atom stereocenters. The fourth-order valence-corrected chi connectivity index (χ4v) is 6.26. The van der Waals surface area contributed by atoms with Gasteiger partial charge in [-0.1, -0.05) is 12.1 Å². The number of carbonyl (C=O) groups is 1. The second-order valence-corrected chi connectivity index (χ2v) is 10.9. The van der Waals surface area contributed by atoms with Gasteiger partial charge in [0.05, 0.1) is 11.5 Å². The molecule has 2 heterocycles. The Bertz CT molecular complexity index is 1020. The van der Waals surface area contributed by atoms with Gasteiger partial charge in [-0.25, -0.2) is 8.42 Å². The van der Waals surface area contributed by atoms with Crippen molar-refractivity contribution in [2.24, 2.45) is 5.92 Å². The first-order valence-electron chi connectivity index (χ1n) is 12.1. The van der Waals surface area contributed by atoms with Gasteiger partial charge in [0.15, 0.2) is 0 Å². The van der Waals surface area contributed by atoms with Gasteiger partial charge in [0, 0.05) is 31.7 Å². The molecule has 2 saturated heterocycles. The first-order valence-corrected chi connectivity index (χ1v) is 13.5. The van der Waals surface area contributed by atoms with Crippen molar-refractivity contribution >= 4 is 15.9 Å². The maximum absolute atomic E-state index is 12.9. The van der Waals surface area contributed by atoms with E-state index in [0.29, 0.717) is 31.2 Å². The van der Waals surface area contributed by atoms with Crippen molar-refractivity contribution < 1.29 is 17.9 Å². The first-order chi connectivity index (χ1) is 16.0. The van der Waals surface area contributed by atoms with Gasteiger partial charge in [0.1, 0.15) is 5.75 Å². The van der Waals surface area contributed by atoms with E-state index in [1.54, 1.807) is 24.3 Å². The summed E-state index contributed by atoms with van der Waals surface area (Å²) >= 11 is 0. The summed E-state index contributed by atoms with van der Waals surface area (Å²) in [5.41, 5.74) is 1.88. The molecular weight excluding hydrogens is 436 g/mol. The lowest BCUT2D eigenvalue weighted by Gasteiger charge is -2.32. The zero-order chi connectivity index (χ0) is 23.3. The molecule has 0 atom stereocenters. The van der Waals surface area contributed by atoms with Crippen LogP contribution in [0.15, 0.2) is 53.4 Å². The molecule has 2 fully saturated rings. The average Bonchev–Trinajstić information content (AvgIpc) is 3.40. The summed E-state index contributed by atoms with van der Waals surface area (Å²) in [6.07, 6.45) is 5.99. The normalized spacial score (nSPS) is 17.9. The molecule has 2 aliphatic heterocycles. The fourth-order valence-electron chi connectivity index (χ4n) is 4.74. The van der Waals surface area contributed by atoms with Gasteiger partial charge < -0.3 is 9.64 Å². The van der Waals surface area contributed by atoms with Crippen molar-refractivity contribution in [2.45, 2.75) is 50.3 Å². The molecule has 0 spiro atoms. The third-order valence-electron chi connectivity index (χ3n) is 6.78. The molecule has 6 nitrogen and oxygen atoms in total. The van der Waals surface area contributed by atoms with Crippen molar-refractivity contribution in [1.82, 2.24) is 9.21 Å². The number of sulfonamides is 1. The molecule has 4 rings (SSSR count). The number of piperidine rings is 1. The van der Waals surface area contributed by atoms with Crippen LogP contribution in [-0.2, 0) is 16.4 Å². The van der Waals surface area contributed by atoms with Crippen molar-refractivity contribution in [2.75, 3.05) is 32.8 Å². The van der Waals surface area contributed by atoms with Crippen LogP contribution in [0, 0.1) is 5.92 Å². The molecule has 7 heteroatoms. The number of benzene rings is 2. The van der Waals surface area contributed by atoms with E-state index in [9.17, 15) is 13.2 Å². The number of hydrogen-bond donors (Lipinski definition) is 0. The highest BCUT2D eigenvalue weighted by Crippen LogP contribution is 2.25. The van der Waals surface area contributed by atoms with Crippen LogP contribution in [0.3, 0.4) is 0 Å². The summed E-state index contributed by atoms with van der Waals surface area (Å²) in [6, 6.07) is 14.8. The van der Waals surface area contributed by atoms with Crippen LogP contribution in [0.4, 0.5) is 0 Å². The molecule has 1 amide bonds. The Morgan fingerprint density at radius 2 is 1.58 bits per heavy atom. The van der Waals surface area contributed by atoms with E-state index in [-0.39, 0.29) is 10.8 Å². The van der Waals surface area contributed by atoms with E-state index in [4.69, 9.17) is 4.74 Å². The van der Waals surface area contributed by atoms with Crippen molar-refractivity contribution in [3.63, 3.8) is 0 Å². The molecule has 178 valence electrons. The summed E-state index contributed by atoms with van der Waals surface area (Å²) in [5, 5.41) is 0. The van der Waals surface area contributed by atoms with Crippen LogP contribution in [0.5, 0.6) is 5.75 Å². The van der Waals surface area contributed by atoms with Gasteiger partial charge in [-0.2, -0.15) is 4.31 Å². The van der Waals surface area contributed by atoms with Crippen LogP contribution >= 0.6 is 0 Å². The number of nitrogens with zero attached hydrogens (tertiary/aromatic N) is 2.